The lowest BCUT2D eigenvalue weighted by Gasteiger charge is -2.23. The summed E-state index contributed by atoms with van der Waals surface area (Å²) in [5, 5.41) is 10.1. The van der Waals surface area contributed by atoms with Crippen LogP contribution in [0, 0.1) is 0 Å². The minimum Gasteiger partial charge on any atom is -0.349 e. The molecule has 2 heterocycles. The van der Waals surface area contributed by atoms with E-state index in [4.69, 9.17) is 4.52 Å². The van der Waals surface area contributed by atoms with E-state index < -0.39 is 0 Å². The number of hydrogen-bond donors (Lipinski definition) is 2. The molecule has 6 heteroatoms. The second-order valence-corrected chi connectivity index (χ2v) is 4.83. The van der Waals surface area contributed by atoms with Gasteiger partial charge in [-0.15, -0.1) is 0 Å². The van der Waals surface area contributed by atoms with Gasteiger partial charge in [-0.05, 0) is 38.1 Å². The molecule has 2 aromatic rings. The van der Waals surface area contributed by atoms with Crippen molar-refractivity contribution < 1.29 is 9.32 Å². The first-order valence-electron chi connectivity index (χ1n) is 6.71. The monoisotopic (exact) mass is 272 g/mol. The summed E-state index contributed by atoms with van der Waals surface area (Å²) in [7, 11) is 0. The van der Waals surface area contributed by atoms with Crippen LogP contribution in [0.3, 0.4) is 0 Å². The molecule has 1 fully saturated rings. The summed E-state index contributed by atoms with van der Waals surface area (Å²) in [5.41, 5.74) is 1.48. The van der Waals surface area contributed by atoms with Crippen LogP contribution in [0.5, 0.6) is 0 Å². The molecular weight excluding hydrogens is 256 g/mol. The van der Waals surface area contributed by atoms with Crippen molar-refractivity contribution in [3.8, 4) is 11.4 Å². The number of carbonyl (C=O) groups is 1. The lowest BCUT2D eigenvalue weighted by Crippen LogP contribution is -2.42. The third kappa shape index (κ3) is 2.85. The van der Waals surface area contributed by atoms with E-state index in [0.717, 1.165) is 31.5 Å². The third-order valence-corrected chi connectivity index (χ3v) is 3.44. The van der Waals surface area contributed by atoms with Gasteiger partial charge in [0.1, 0.15) is 0 Å². The zero-order valence-electron chi connectivity index (χ0n) is 11.0. The van der Waals surface area contributed by atoms with Crippen molar-refractivity contribution in [1.29, 1.82) is 0 Å². The van der Waals surface area contributed by atoms with Gasteiger partial charge in [0.2, 0.25) is 12.2 Å². The summed E-state index contributed by atoms with van der Waals surface area (Å²) in [6, 6.07) is 7.47. The van der Waals surface area contributed by atoms with Crippen LogP contribution in [-0.4, -0.2) is 35.2 Å². The minimum atomic E-state index is -0.0310. The first kappa shape index (κ1) is 12.8. The van der Waals surface area contributed by atoms with E-state index in [1.54, 1.807) is 12.1 Å². The predicted molar refractivity (Wildman–Crippen MR) is 73.1 cm³/mol. The van der Waals surface area contributed by atoms with E-state index in [0.29, 0.717) is 11.4 Å². The Kier molecular flexibility index (Phi) is 3.73. The highest BCUT2D eigenvalue weighted by molar-refractivity contribution is 5.94. The average Bonchev–Trinajstić information content (AvgIpc) is 3.03. The van der Waals surface area contributed by atoms with E-state index in [1.807, 2.05) is 12.1 Å². The van der Waals surface area contributed by atoms with Crippen LogP contribution in [0.15, 0.2) is 35.2 Å². The molecule has 104 valence electrons. The number of amides is 1. The van der Waals surface area contributed by atoms with Crippen molar-refractivity contribution in [2.24, 2.45) is 0 Å². The number of nitrogens with zero attached hydrogens (tertiary/aromatic N) is 2. The van der Waals surface area contributed by atoms with Gasteiger partial charge in [-0.25, -0.2) is 0 Å². The van der Waals surface area contributed by atoms with Gasteiger partial charge in [0.05, 0.1) is 0 Å². The van der Waals surface area contributed by atoms with E-state index in [9.17, 15) is 4.79 Å². The molecule has 0 unspecified atom stereocenters. The summed E-state index contributed by atoms with van der Waals surface area (Å²) in [6.45, 7) is 1.92. The Balaban J connectivity index is 1.66. The summed E-state index contributed by atoms with van der Waals surface area (Å²) in [5.74, 6) is 0.492. The second kappa shape index (κ2) is 5.83. The maximum atomic E-state index is 12.1. The van der Waals surface area contributed by atoms with Crippen LogP contribution in [0.25, 0.3) is 11.4 Å². The third-order valence-electron chi connectivity index (χ3n) is 3.44. The topological polar surface area (TPSA) is 80.0 Å². The van der Waals surface area contributed by atoms with E-state index in [2.05, 4.69) is 20.8 Å². The summed E-state index contributed by atoms with van der Waals surface area (Å²) >= 11 is 0. The zero-order chi connectivity index (χ0) is 13.8. The molecule has 0 bridgehead atoms. The van der Waals surface area contributed by atoms with Gasteiger partial charge in [0, 0.05) is 17.2 Å². The number of benzene rings is 1. The Morgan fingerprint density at radius 3 is 2.65 bits per heavy atom. The molecule has 1 aliphatic rings. The van der Waals surface area contributed by atoms with Crippen molar-refractivity contribution in [1.82, 2.24) is 20.8 Å². The van der Waals surface area contributed by atoms with Crippen molar-refractivity contribution in [2.75, 3.05) is 13.1 Å². The molecule has 0 atom stereocenters. The molecular formula is C14H16N4O2. The molecule has 1 aromatic heterocycles. The van der Waals surface area contributed by atoms with Gasteiger partial charge in [0.25, 0.3) is 5.91 Å². The SMILES string of the molecule is O=C(NC1CCNCC1)c1ccc(-c2ncon2)cc1. The van der Waals surface area contributed by atoms with E-state index in [1.165, 1.54) is 6.39 Å². The van der Waals surface area contributed by atoms with Crippen molar-refractivity contribution in [3.63, 3.8) is 0 Å². The van der Waals surface area contributed by atoms with Crippen LogP contribution >= 0.6 is 0 Å². The zero-order valence-corrected chi connectivity index (χ0v) is 11.0. The summed E-state index contributed by atoms with van der Waals surface area (Å²) < 4.78 is 4.70. The Bertz CT molecular complexity index is 559. The fourth-order valence-electron chi connectivity index (χ4n) is 2.30. The smallest absolute Gasteiger partial charge is 0.251 e. The lowest BCUT2D eigenvalue weighted by atomic mass is 10.1. The Hall–Kier alpha value is -2.21. The average molecular weight is 272 g/mol. The molecule has 0 spiro atoms. The summed E-state index contributed by atoms with van der Waals surface area (Å²) in [4.78, 5) is 16.1. The fourth-order valence-corrected chi connectivity index (χ4v) is 2.30. The summed E-state index contributed by atoms with van der Waals surface area (Å²) in [6.07, 6.45) is 3.24. The normalized spacial score (nSPS) is 16.0. The number of hydrogen-bond acceptors (Lipinski definition) is 5. The van der Waals surface area contributed by atoms with Crippen LogP contribution < -0.4 is 10.6 Å². The van der Waals surface area contributed by atoms with Crippen LogP contribution in [0.1, 0.15) is 23.2 Å². The highest BCUT2D eigenvalue weighted by Crippen LogP contribution is 2.15. The molecule has 0 saturated carbocycles. The van der Waals surface area contributed by atoms with Crippen LogP contribution in [0.2, 0.25) is 0 Å². The highest BCUT2D eigenvalue weighted by atomic mass is 16.5. The molecule has 2 N–H and O–H groups in total. The molecule has 1 amide bonds. The molecule has 1 aliphatic heterocycles. The van der Waals surface area contributed by atoms with Gasteiger partial charge < -0.3 is 15.2 Å². The predicted octanol–water partition coefficient (Wildman–Crippen LogP) is 1.22. The van der Waals surface area contributed by atoms with Gasteiger partial charge in [-0.2, -0.15) is 4.98 Å². The number of aromatic nitrogens is 2. The molecule has 1 aromatic carbocycles. The van der Waals surface area contributed by atoms with Crippen molar-refractivity contribution >= 4 is 5.91 Å². The number of piperidine rings is 1. The molecule has 0 radical (unpaired) electrons. The Morgan fingerprint density at radius 2 is 2.00 bits per heavy atom. The maximum absolute atomic E-state index is 12.1. The lowest BCUT2D eigenvalue weighted by molar-refractivity contribution is 0.0929. The number of nitrogens with one attached hydrogen (secondary N) is 2. The van der Waals surface area contributed by atoms with E-state index in [-0.39, 0.29) is 11.9 Å². The number of rotatable bonds is 3. The van der Waals surface area contributed by atoms with Gasteiger partial charge in [-0.1, -0.05) is 17.3 Å². The number of carbonyl (C=O) groups excluding carboxylic acids is 1. The largest absolute Gasteiger partial charge is 0.349 e. The van der Waals surface area contributed by atoms with Gasteiger partial charge >= 0.3 is 0 Å². The van der Waals surface area contributed by atoms with Gasteiger partial charge in [0.15, 0.2) is 0 Å². The first-order chi connectivity index (χ1) is 9.83. The molecule has 6 nitrogen and oxygen atoms in total. The van der Waals surface area contributed by atoms with Crippen LogP contribution in [-0.2, 0) is 0 Å². The molecule has 0 aliphatic carbocycles. The quantitative estimate of drug-likeness (QED) is 0.878. The Morgan fingerprint density at radius 1 is 1.25 bits per heavy atom. The molecule has 3 rings (SSSR count). The van der Waals surface area contributed by atoms with Gasteiger partial charge in [-0.3, -0.25) is 4.79 Å². The first-order valence-corrected chi connectivity index (χ1v) is 6.71. The molecule has 1 saturated heterocycles. The highest BCUT2D eigenvalue weighted by Gasteiger charge is 2.16. The fraction of sp³-hybridized carbons (Fsp3) is 0.357. The van der Waals surface area contributed by atoms with Crippen LogP contribution in [0.4, 0.5) is 0 Å². The second-order valence-electron chi connectivity index (χ2n) is 4.83. The standard InChI is InChI=1S/C14H16N4O2/c19-14(17-12-5-7-15-8-6-12)11-3-1-10(2-4-11)13-16-9-20-18-13/h1-4,9,12,15H,5-8H2,(H,17,19). The maximum Gasteiger partial charge on any atom is 0.251 e. The minimum absolute atomic E-state index is 0.0310. The van der Waals surface area contributed by atoms with E-state index >= 15 is 0 Å². The van der Waals surface area contributed by atoms with Crippen molar-refractivity contribution in [2.45, 2.75) is 18.9 Å². The Labute approximate surface area is 116 Å². The molecule has 20 heavy (non-hydrogen) atoms. The van der Waals surface area contributed by atoms with Crippen molar-refractivity contribution in [3.05, 3.63) is 36.2 Å².